The summed E-state index contributed by atoms with van der Waals surface area (Å²) in [6.45, 7) is 1.83. The molecule has 0 atom stereocenters. The fraction of sp³-hybridized carbons (Fsp3) is 0.182. The van der Waals surface area contributed by atoms with Gasteiger partial charge in [0.1, 0.15) is 11.4 Å². The Labute approximate surface area is 87.3 Å². The third-order valence-corrected chi connectivity index (χ3v) is 2.31. The molecular weight excluding hydrogens is 192 g/mol. The average Bonchev–Trinajstić information content (AvgIpc) is 2.60. The van der Waals surface area contributed by atoms with Gasteiger partial charge in [-0.15, -0.1) is 0 Å². The summed E-state index contributed by atoms with van der Waals surface area (Å²) in [6, 6.07) is 7.35. The lowest BCUT2D eigenvalue weighted by molar-refractivity contribution is 0.282. The highest BCUT2D eigenvalue weighted by Gasteiger charge is 2.11. The monoisotopic (exact) mass is 204 g/mol. The van der Waals surface area contributed by atoms with E-state index in [0.29, 0.717) is 17.1 Å². The van der Waals surface area contributed by atoms with Gasteiger partial charge in [-0.2, -0.15) is 0 Å². The van der Waals surface area contributed by atoms with Crippen LogP contribution in [0.5, 0.6) is 0 Å². The van der Waals surface area contributed by atoms with Crippen molar-refractivity contribution in [3.05, 3.63) is 35.5 Å². The summed E-state index contributed by atoms with van der Waals surface area (Å²) < 4.78 is 5.12. The minimum Gasteiger partial charge on any atom is -0.394 e. The van der Waals surface area contributed by atoms with E-state index in [1.165, 1.54) is 0 Å². The molecule has 15 heavy (non-hydrogen) atoms. The van der Waals surface area contributed by atoms with Gasteiger partial charge < -0.3 is 15.4 Å². The van der Waals surface area contributed by atoms with E-state index in [9.17, 15) is 0 Å². The van der Waals surface area contributed by atoms with Crippen LogP contribution in [-0.4, -0.2) is 10.3 Å². The van der Waals surface area contributed by atoms with Crippen LogP contribution in [0.25, 0.3) is 11.3 Å². The molecule has 0 spiro atoms. The minimum atomic E-state index is 0.0329. The number of nitrogen functional groups attached to an aromatic ring is 1. The van der Waals surface area contributed by atoms with Crippen LogP contribution in [0.3, 0.4) is 0 Å². The molecule has 2 aromatic rings. The highest BCUT2D eigenvalue weighted by Crippen LogP contribution is 2.28. The van der Waals surface area contributed by atoms with Crippen LogP contribution in [0.1, 0.15) is 11.3 Å². The average molecular weight is 204 g/mol. The van der Waals surface area contributed by atoms with Crippen molar-refractivity contribution in [3.8, 4) is 11.3 Å². The van der Waals surface area contributed by atoms with E-state index in [2.05, 4.69) is 5.16 Å². The summed E-state index contributed by atoms with van der Waals surface area (Å²) in [4.78, 5) is 0. The Kier molecular flexibility index (Phi) is 2.43. The lowest BCUT2D eigenvalue weighted by atomic mass is 10.1. The zero-order valence-electron chi connectivity index (χ0n) is 8.40. The lowest BCUT2D eigenvalue weighted by Gasteiger charge is -1.99. The van der Waals surface area contributed by atoms with Crippen LogP contribution in [0.4, 0.5) is 5.69 Å². The number of hydrogen-bond donors (Lipinski definition) is 2. The van der Waals surface area contributed by atoms with Gasteiger partial charge in [-0.1, -0.05) is 29.4 Å². The van der Waals surface area contributed by atoms with Crippen LogP contribution in [-0.2, 0) is 6.61 Å². The molecule has 0 amide bonds. The fourth-order valence-electron chi connectivity index (χ4n) is 1.35. The van der Waals surface area contributed by atoms with E-state index in [0.717, 1.165) is 11.1 Å². The summed E-state index contributed by atoms with van der Waals surface area (Å²) >= 11 is 0. The third-order valence-electron chi connectivity index (χ3n) is 2.31. The van der Waals surface area contributed by atoms with Crippen molar-refractivity contribution >= 4 is 5.69 Å². The maximum absolute atomic E-state index is 8.90. The molecule has 3 N–H and O–H groups in total. The van der Waals surface area contributed by atoms with E-state index in [1.807, 2.05) is 24.3 Å². The molecule has 1 aromatic carbocycles. The van der Waals surface area contributed by atoms with Crippen molar-refractivity contribution < 1.29 is 9.63 Å². The molecule has 0 unspecified atom stereocenters. The van der Waals surface area contributed by atoms with Crippen molar-refractivity contribution in [2.75, 3.05) is 5.73 Å². The summed E-state index contributed by atoms with van der Waals surface area (Å²) in [6.07, 6.45) is 0. The predicted octanol–water partition coefficient (Wildman–Crippen LogP) is 1.72. The Hall–Kier alpha value is -1.81. The molecule has 0 bridgehead atoms. The maximum Gasteiger partial charge on any atom is 0.189 e. The number of aliphatic hydroxyl groups is 1. The number of aliphatic hydroxyl groups excluding tert-OH is 1. The van der Waals surface area contributed by atoms with Gasteiger partial charge in [-0.05, 0) is 12.5 Å². The Morgan fingerprint density at radius 1 is 1.33 bits per heavy atom. The Morgan fingerprint density at radius 3 is 2.47 bits per heavy atom. The van der Waals surface area contributed by atoms with E-state index < -0.39 is 0 Å². The molecule has 2 rings (SSSR count). The lowest BCUT2D eigenvalue weighted by Crippen LogP contribution is -1.88. The number of rotatable bonds is 2. The Balaban J connectivity index is 2.41. The summed E-state index contributed by atoms with van der Waals surface area (Å²) in [5.74, 6) is 0.581. The van der Waals surface area contributed by atoms with Crippen LogP contribution in [0.15, 0.2) is 28.8 Å². The largest absolute Gasteiger partial charge is 0.394 e. The van der Waals surface area contributed by atoms with Crippen LogP contribution in [0, 0.1) is 6.92 Å². The predicted molar refractivity (Wildman–Crippen MR) is 57.0 cm³/mol. The van der Waals surface area contributed by atoms with Gasteiger partial charge in [-0.3, -0.25) is 0 Å². The van der Waals surface area contributed by atoms with Crippen LogP contribution in [0.2, 0.25) is 0 Å². The van der Waals surface area contributed by atoms with Crippen LogP contribution < -0.4 is 5.73 Å². The van der Waals surface area contributed by atoms with Crippen molar-refractivity contribution in [1.82, 2.24) is 5.16 Å². The quantitative estimate of drug-likeness (QED) is 0.781. The molecule has 0 saturated carbocycles. The molecular formula is C11H12N2O2. The molecule has 0 saturated heterocycles. The number of benzene rings is 1. The number of anilines is 1. The summed E-state index contributed by atoms with van der Waals surface area (Å²) in [5.41, 5.74) is 8.77. The van der Waals surface area contributed by atoms with Gasteiger partial charge in [0.05, 0.1) is 6.61 Å². The van der Waals surface area contributed by atoms with Crippen molar-refractivity contribution in [2.45, 2.75) is 13.5 Å². The molecule has 0 radical (unpaired) electrons. The molecule has 0 aliphatic heterocycles. The first kappa shape index (κ1) is 9.73. The second-order valence-electron chi connectivity index (χ2n) is 3.37. The summed E-state index contributed by atoms with van der Waals surface area (Å²) in [5, 5.41) is 12.7. The van der Waals surface area contributed by atoms with E-state index in [1.54, 1.807) is 6.92 Å². The number of aromatic nitrogens is 1. The smallest absolute Gasteiger partial charge is 0.189 e. The second-order valence-corrected chi connectivity index (χ2v) is 3.37. The molecule has 0 aliphatic rings. The normalized spacial score (nSPS) is 10.5. The second kappa shape index (κ2) is 3.74. The highest BCUT2D eigenvalue weighted by atomic mass is 16.5. The molecule has 0 fully saturated rings. The van der Waals surface area contributed by atoms with Crippen molar-refractivity contribution in [1.29, 1.82) is 0 Å². The molecule has 4 heteroatoms. The van der Waals surface area contributed by atoms with E-state index in [4.69, 9.17) is 15.4 Å². The molecule has 1 heterocycles. The topological polar surface area (TPSA) is 72.3 Å². The SMILES string of the molecule is Cc1noc(-c2ccc(CO)cc2)c1N. The zero-order chi connectivity index (χ0) is 10.8. The molecule has 1 aromatic heterocycles. The van der Waals surface area contributed by atoms with Crippen LogP contribution >= 0.6 is 0 Å². The van der Waals surface area contributed by atoms with Gasteiger partial charge in [0, 0.05) is 5.56 Å². The third kappa shape index (κ3) is 1.71. The van der Waals surface area contributed by atoms with Crippen molar-refractivity contribution in [3.63, 3.8) is 0 Å². The number of nitrogens with zero attached hydrogens (tertiary/aromatic N) is 1. The number of hydrogen-bond acceptors (Lipinski definition) is 4. The van der Waals surface area contributed by atoms with E-state index >= 15 is 0 Å². The first-order valence-electron chi connectivity index (χ1n) is 4.64. The van der Waals surface area contributed by atoms with Gasteiger partial charge >= 0.3 is 0 Å². The fourth-order valence-corrected chi connectivity index (χ4v) is 1.35. The standard InChI is InChI=1S/C11H12N2O2/c1-7-10(12)11(15-13-7)9-4-2-8(6-14)3-5-9/h2-5,14H,6,12H2,1H3. The number of aryl methyl sites for hydroxylation is 1. The van der Waals surface area contributed by atoms with Gasteiger partial charge in [-0.25, -0.2) is 0 Å². The first-order chi connectivity index (χ1) is 7.22. The van der Waals surface area contributed by atoms with Crippen molar-refractivity contribution in [2.24, 2.45) is 0 Å². The van der Waals surface area contributed by atoms with E-state index in [-0.39, 0.29) is 6.61 Å². The Morgan fingerprint density at radius 2 is 2.00 bits per heavy atom. The first-order valence-corrected chi connectivity index (χ1v) is 4.64. The highest BCUT2D eigenvalue weighted by molar-refractivity contribution is 5.72. The number of nitrogens with two attached hydrogens (primary N) is 1. The van der Waals surface area contributed by atoms with Gasteiger partial charge in [0.2, 0.25) is 0 Å². The molecule has 4 nitrogen and oxygen atoms in total. The maximum atomic E-state index is 8.90. The molecule has 0 aliphatic carbocycles. The molecule has 78 valence electrons. The van der Waals surface area contributed by atoms with Gasteiger partial charge in [0.15, 0.2) is 5.76 Å². The Bertz CT molecular complexity index is 460. The minimum absolute atomic E-state index is 0.0329. The zero-order valence-corrected chi connectivity index (χ0v) is 8.40. The summed E-state index contributed by atoms with van der Waals surface area (Å²) in [7, 11) is 0. The van der Waals surface area contributed by atoms with Gasteiger partial charge in [0.25, 0.3) is 0 Å².